The molecule has 6 nitrogen and oxygen atoms in total. The van der Waals surface area contributed by atoms with Crippen LogP contribution in [0.3, 0.4) is 0 Å². The highest BCUT2D eigenvalue weighted by Crippen LogP contribution is 2.24. The average molecular weight is 377 g/mol. The largest absolute Gasteiger partial charge is 0.295 e. The summed E-state index contributed by atoms with van der Waals surface area (Å²) < 4.78 is 29.8. The topological polar surface area (TPSA) is 67.2 Å². The number of rotatable bonds is 7. The van der Waals surface area contributed by atoms with E-state index in [1.165, 1.54) is 31.9 Å². The lowest BCUT2D eigenvalue weighted by atomic mass is 10.1. The van der Waals surface area contributed by atoms with Gasteiger partial charge < -0.3 is 0 Å². The van der Waals surface area contributed by atoms with Gasteiger partial charge in [-0.1, -0.05) is 43.2 Å². The summed E-state index contributed by atoms with van der Waals surface area (Å²) in [6, 6.07) is 10.2. The van der Waals surface area contributed by atoms with Crippen molar-refractivity contribution in [2.45, 2.75) is 50.1 Å². The highest BCUT2D eigenvalue weighted by molar-refractivity contribution is 7.89. The molecule has 0 saturated carbocycles. The van der Waals surface area contributed by atoms with E-state index in [4.69, 9.17) is 0 Å². The Morgan fingerprint density at radius 3 is 2.42 bits per heavy atom. The Morgan fingerprint density at radius 1 is 1.12 bits per heavy atom. The van der Waals surface area contributed by atoms with Gasteiger partial charge >= 0.3 is 0 Å². The minimum atomic E-state index is -3.56. The van der Waals surface area contributed by atoms with Gasteiger partial charge in [0.1, 0.15) is 4.90 Å². The molecule has 1 aromatic carbocycles. The zero-order valence-corrected chi connectivity index (χ0v) is 16.2. The lowest BCUT2D eigenvalue weighted by Crippen LogP contribution is -2.38. The molecule has 2 aromatic rings. The molecule has 1 aliphatic rings. The number of aryl methyl sites for hydroxylation is 1. The van der Waals surface area contributed by atoms with E-state index in [0.717, 1.165) is 18.7 Å². The summed E-state index contributed by atoms with van der Waals surface area (Å²) in [5.41, 5.74) is 1.15. The molecule has 1 fully saturated rings. The Morgan fingerprint density at radius 2 is 1.81 bits per heavy atom. The lowest BCUT2D eigenvalue weighted by Gasteiger charge is -2.31. The Labute approximate surface area is 156 Å². The molecule has 1 saturated heterocycles. The third-order valence-electron chi connectivity index (χ3n) is 4.98. The van der Waals surface area contributed by atoms with Crippen molar-refractivity contribution in [2.24, 2.45) is 0 Å². The van der Waals surface area contributed by atoms with E-state index in [2.05, 4.69) is 26.9 Å². The minimum Gasteiger partial charge on any atom is -0.295 e. The van der Waals surface area contributed by atoms with Gasteiger partial charge in [-0.2, -0.15) is 5.10 Å². The van der Waals surface area contributed by atoms with Crippen LogP contribution in [0, 0.1) is 0 Å². The van der Waals surface area contributed by atoms with Crippen molar-refractivity contribution in [2.75, 3.05) is 19.6 Å². The Hall–Kier alpha value is -1.70. The summed E-state index contributed by atoms with van der Waals surface area (Å²) in [5.74, 6) is 0. The van der Waals surface area contributed by atoms with Crippen molar-refractivity contribution in [3.63, 3.8) is 0 Å². The monoisotopic (exact) mass is 376 g/mol. The normalized spacial score (nSPS) is 17.7. The number of benzene rings is 1. The number of nitrogens with zero attached hydrogens (tertiary/aromatic N) is 3. The first kappa shape index (κ1) is 19.1. The molecule has 1 aliphatic heterocycles. The first-order chi connectivity index (χ1) is 12.6. The van der Waals surface area contributed by atoms with Crippen molar-refractivity contribution in [1.29, 1.82) is 0 Å². The second-order valence-corrected chi connectivity index (χ2v) is 8.53. The van der Waals surface area contributed by atoms with Gasteiger partial charge in [-0.05, 0) is 38.4 Å². The summed E-state index contributed by atoms with van der Waals surface area (Å²) in [7, 11) is -3.56. The molecular weight excluding hydrogens is 348 g/mol. The molecule has 7 heteroatoms. The third-order valence-corrected chi connectivity index (χ3v) is 6.35. The molecule has 1 N–H and O–H groups in total. The van der Waals surface area contributed by atoms with Gasteiger partial charge in [0.25, 0.3) is 0 Å². The SMILES string of the molecule is CCn1cc(S(=O)(=O)NC[C@H](c2ccccc2)N2CCCCCC2)cn1. The highest BCUT2D eigenvalue weighted by Gasteiger charge is 2.24. The molecule has 0 amide bonds. The third kappa shape index (κ3) is 4.72. The molecule has 3 rings (SSSR count). The van der Waals surface area contributed by atoms with Crippen LogP contribution in [0.25, 0.3) is 0 Å². The number of likely N-dealkylation sites (tertiary alicyclic amines) is 1. The summed E-state index contributed by atoms with van der Waals surface area (Å²) in [6.45, 7) is 4.96. The smallest absolute Gasteiger partial charge is 0.243 e. The van der Waals surface area contributed by atoms with Gasteiger partial charge in [-0.15, -0.1) is 0 Å². The van der Waals surface area contributed by atoms with E-state index >= 15 is 0 Å². The van der Waals surface area contributed by atoms with Crippen LogP contribution in [0.2, 0.25) is 0 Å². The first-order valence-corrected chi connectivity index (χ1v) is 10.9. The lowest BCUT2D eigenvalue weighted by molar-refractivity contribution is 0.206. The summed E-state index contributed by atoms with van der Waals surface area (Å²) in [5, 5.41) is 4.08. The van der Waals surface area contributed by atoms with E-state index in [-0.39, 0.29) is 10.9 Å². The molecular formula is C19H28N4O2S. The Kier molecular flexibility index (Phi) is 6.45. The van der Waals surface area contributed by atoms with Gasteiger partial charge in [0.2, 0.25) is 10.0 Å². The van der Waals surface area contributed by atoms with Crippen LogP contribution in [-0.2, 0) is 16.6 Å². The second kappa shape index (κ2) is 8.79. The predicted octanol–water partition coefficient (Wildman–Crippen LogP) is 2.80. The van der Waals surface area contributed by atoms with Gasteiger partial charge in [0, 0.05) is 25.3 Å². The van der Waals surface area contributed by atoms with Crippen molar-refractivity contribution >= 4 is 10.0 Å². The number of aromatic nitrogens is 2. The van der Waals surface area contributed by atoms with Crippen LogP contribution in [0.15, 0.2) is 47.6 Å². The van der Waals surface area contributed by atoms with Crippen LogP contribution in [-0.4, -0.2) is 42.7 Å². The van der Waals surface area contributed by atoms with Crippen LogP contribution in [0.5, 0.6) is 0 Å². The fraction of sp³-hybridized carbons (Fsp3) is 0.526. The maximum Gasteiger partial charge on any atom is 0.243 e. The van der Waals surface area contributed by atoms with E-state index in [1.54, 1.807) is 10.9 Å². The van der Waals surface area contributed by atoms with E-state index < -0.39 is 10.0 Å². The van der Waals surface area contributed by atoms with Gasteiger partial charge in [-0.3, -0.25) is 9.58 Å². The maximum absolute atomic E-state index is 12.7. The highest BCUT2D eigenvalue weighted by atomic mass is 32.2. The van der Waals surface area contributed by atoms with Crippen molar-refractivity contribution in [1.82, 2.24) is 19.4 Å². The van der Waals surface area contributed by atoms with E-state index in [9.17, 15) is 8.42 Å². The standard InChI is InChI=1S/C19H28N4O2S/c1-2-23-16-18(14-20-23)26(24,25)21-15-19(17-10-6-5-7-11-17)22-12-8-3-4-9-13-22/h5-7,10-11,14,16,19,21H,2-4,8-9,12-13,15H2,1H3/t19-/m1/s1. The molecule has 26 heavy (non-hydrogen) atoms. The van der Waals surface area contributed by atoms with Crippen molar-refractivity contribution in [3.05, 3.63) is 48.3 Å². The summed E-state index contributed by atoms with van der Waals surface area (Å²) in [4.78, 5) is 2.64. The van der Waals surface area contributed by atoms with Gasteiger partial charge in [0.15, 0.2) is 0 Å². The van der Waals surface area contributed by atoms with E-state index in [1.807, 2.05) is 25.1 Å². The van der Waals surface area contributed by atoms with Gasteiger partial charge in [0.05, 0.1) is 6.20 Å². The van der Waals surface area contributed by atoms with Crippen molar-refractivity contribution < 1.29 is 8.42 Å². The molecule has 2 heterocycles. The zero-order chi connectivity index (χ0) is 18.4. The fourth-order valence-electron chi connectivity index (χ4n) is 3.47. The molecule has 0 radical (unpaired) electrons. The first-order valence-electron chi connectivity index (χ1n) is 9.41. The predicted molar refractivity (Wildman–Crippen MR) is 102 cm³/mol. The summed E-state index contributed by atoms with van der Waals surface area (Å²) >= 11 is 0. The van der Waals surface area contributed by atoms with Crippen LogP contribution in [0.1, 0.15) is 44.2 Å². The molecule has 1 aromatic heterocycles. The molecule has 0 aliphatic carbocycles. The Balaban J connectivity index is 1.77. The fourth-order valence-corrected chi connectivity index (χ4v) is 4.46. The summed E-state index contributed by atoms with van der Waals surface area (Å²) in [6.07, 6.45) is 7.82. The number of sulfonamides is 1. The molecule has 1 atom stereocenters. The van der Waals surface area contributed by atoms with Crippen LogP contribution < -0.4 is 4.72 Å². The Bertz CT molecular complexity index is 781. The maximum atomic E-state index is 12.7. The molecule has 0 spiro atoms. The average Bonchev–Trinajstić information content (AvgIpc) is 3.00. The quantitative estimate of drug-likeness (QED) is 0.807. The van der Waals surface area contributed by atoms with Gasteiger partial charge in [-0.25, -0.2) is 13.1 Å². The molecule has 142 valence electrons. The second-order valence-electron chi connectivity index (χ2n) is 6.76. The zero-order valence-electron chi connectivity index (χ0n) is 15.3. The minimum absolute atomic E-state index is 0.0466. The van der Waals surface area contributed by atoms with Crippen molar-refractivity contribution in [3.8, 4) is 0 Å². The number of hydrogen-bond donors (Lipinski definition) is 1. The molecule has 0 bridgehead atoms. The number of hydrogen-bond acceptors (Lipinski definition) is 4. The number of nitrogens with one attached hydrogen (secondary N) is 1. The van der Waals surface area contributed by atoms with Crippen LogP contribution >= 0.6 is 0 Å². The van der Waals surface area contributed by atoms with E-state index in [0.29, 0.717) is 13.1 Å². The van der Waals surface area contributed by atoms with Crippen LogP contribution in [0.4, 0.5) is 0 Å². The molecule has 0 unspecified atom stereocenters.